The molecule has 1 aliphatic rings. The quantitative estimate of drug-likeness (QED) is 0.615. The first-order valence-corrected chi connectivity index (χ1v) is 10.2. The van der Waals surface area contributed by atoms with Crippen molar-refractivity contribution in [1.29, 1.82) is 0 Å². The number of anilines is 1. The van der Waals surface area contributed by atoms with E-state index in [0.29, 0.717) is 23.6 Å². The van der Waals surface area contributed by atoms with Crippen molar-refractivity contribution in [3.63, 3.8) is 0 Å². The van der Waals surface area contributed by atoms with Gasteiger partial charge in [-0.1, -0.05) is 12.1 Å². The third kappa shape index (κ3) is 4.69. The molecule has 0 aliphatic carbocycles. The molecule has 1 fully saturated rings. The van der Waals surface area contributed by atoms with Crippen LogP contribution >= 0.6 is 0 Å². The minimum absolute atomic E-state index is 0.0691. The Morgan fingerprint density at radius 3 is 2.55 bits per heavy atom. The van der Waals surface area contributed by atoms with Crippen molar-refractivity contribution in [3.8, 4) is 5.69 Å². The Morgan fingerprint density at radius 1 is 1.12 bits per heavy atom. The normalized spacial score (nSPS) is 13.8. The zero-order valence-corrected chi connectivity index (χ0v) is 17.9. The molecule has 0 atom stereocenters. The fourth-order valence-electron chi connectivity index (χ4n) is 3.73. The molecule has 33 heavy (non-hydrogen) atoms. The second-order valence-corrected chi connectivity index (χ2v) is 7.68. The minimum atomic E-state index is -4.61. The van der Waals surface area contributed by atoms with E-state index in [-0.39, 0.29) is 30.0 Å². The van der Waals surface area contributed by atoms with Crippen LogP contribution in [0.15, 0.2) is 48.5 Å². The van der Waals surface area contributed by atoms with E-state index in [9.17, 15) is 22.8 Å². The number of aromatic nitrogens is 2. The molecule has 0 radical (unpaired) electrons. The molecule has 2 aromatic carbocycles. The van der Waals surface area contributed by atoms with Gasteiger partial charge >= 0.3 is 12.3 Å². The van der Waals surface area contributed by atoms with E-state index >= 15 is 0 Å². The standard InChI is InChI=1S/C23H21F3N4O3/c1-14-10-15(2)30(28-14)19-7-6-17(20(12-19)23(24,25)26)13-27-21(31)16-4-3-5-18(11-16)29-8-9-33-22(29)32/h3-7,10-12H,8-9,13H2,1-2H3,(H,27,31). The maximum atomic E-state index is 13.8. The number of cyclic esters (lactones) is 1. The Labute approximate surface area is 187 Å². The highest BCUT2D eigenvalue weighted by molar-refractivity contribution is 5.97. The predicted octanol–water partition coefficient (Wildman–Crippen LogP) is 4.39. The zero-order valence-electron chi connectivity index (χ0n) is 17.9. The van der Waals surface area contributed by atoms with Crippen LogP contribution in [0.2, 0.25) is 0 Å². The molecule has 0 spiro atoms. The van der Waals surface area contributed by atoms with Gasteiger partial charge in [0.25, 0.3) is 5.91 Å². The number of rotatable bonds is 5. The average Bonchev–Trinajstić information content (AvgIpc) is 3.35. The van der Waals surface area contributed by atoms with Gasteiger partial charge in [-0.25, -0.2) is 9.48 Å². The molecule has 0 bridgehead atoms. The molecule has 1 N–H and O–H groups in total. The van der Waals surface area contributed by atoms with Gasteiger partial charge in [0, 0.05) is 23.5 Å². The van der Waals surface area contributed by atoms with E-state index in [0.717, 1.165) is 6.07 Å². The summed E-state index contributed by atoms with van der Waals surface area (Å²) in [7, 11) is 0. The molecule has 0 saturated carbocycles. The highest BCUT2D eigenvalue weighted by atomic mass is 19.4. The molecule has 2 heterocycles. The number of nitrogens with zero attached hydrogens (tertiary/aromatic N) is 3. The van der Waals surface area contributed by atoms with Gasteiger partial charge in [0.1, 0.15) is 6.61 Å². The average molecular weight is 458 g/mol. The molecule has 7 nitrogen and oxygen atoms in total. The third-order valence-electron chi connectivity index (χ3n) is 5.27. The lowest BCUT2D eigenvalue weighted by Gasteiger charge is -2.16. The number of alkyl halides is 3. The van der Waals surface area contributed by atoms with Crippen molar-refractivity contribution < 1.29 is 27.5 Å². The maximum absolute atomic E-state index is 13.8. The number of carbonyl (C=O) groups is 2. The van der Waals surface area contributed by atoms with Crippen LogP contribution in [0, 0.1) is 13.8 Å². The number of hydrogen-bond acceptors (Lipinski definition) is 4. The Balaban J connectivity index is 1.55. The molecule has 3 aromatic rings. The van der Waals surface area contributed by atoms with Crippen LogP contribution in [0.5, 0.6) is 0 Å². The minimum Gasteiger partial charge on any atom is -0.447 e. The topological polar surface area (TPSA) is 76.5 Å². The number of nitrogens with one attached hydrogen (secondary N) is 1. The highest BCUT2D eigenvalue weighted by Crippen LogP contribution is 2.34. The van der Waals surface area contributed by atoms with Crippen molar-refractivity contribution in [2.75, 3.05) is 18.1 Å². The van der Waals surface area contributed by atoms with Crippen LogP contribution in [0.25, 0.3) is 5.69 Å². The number of amides is 2. The van der Waals surface area contributed by atoms with Gasteiger partial charge in [0.2, 0.25) is 0 Å². The molecule has 10 heteroatoms. The summed E-state index contributed by atoms with van der Waals surface area (Å²) < 4.78 is 47.6. The number of hydrogen-bond donors (Lipinski definition) is 1. The van der Waals surface area contributed by atoms with Crippen molar-refractivity contribution in [3.05, 3.63) is 76.6 Å². The van der Waals surface area contributed by atoms with Gasteiger partial charge in [-0.15, -0.1) is 0 Å². The smallest absolute Gasteiger partial charge is 0.416 e. The van der Waals surface area contributed by atoms with E-state index in [1.165, 1.54) is 33.8 Å². The summed E-state index contributed by atoms with van der Waals surface area (Å²) in [5.41, 5.74) is 1.48. The second kappa shape index (κ2) is 8.61. The molecule has 4 rings (SSSR count). The number of carbonyl (C=O) groups excluding carboxylic acids is 2. The summed E-state index contributed by atoms with van der Waals surface area (Å²) in [5, 5.41) is 6.77. The van der Waals surface area contributed by atoms with Crippen LogP contribution < -0.4 is 10.2 Å². The Kier molecular flexibility index (Phi) is 5.84. The molecule has 1 saturated heterocycles. The lowest BCUT2D eigenvalue weighted by atomic mass is 10.1. The molecule has 0 unspecified atom stereocenters. The van der Waals surface area contributed by atoms with E-state index in [1.807, 2.05) is 0 Å². The second-order valence-electron chi connectivity index (χ2n) is 7.68. The van der Waals surface area contributed by atoms with Gasteiger partial charge in [-0.05, 0) is 55.8 Å². The van der Waals surface area contributed by atoms with Crippen molar-refractivity contribution in [2.24, 2.45) is 0 Å². The van der Waals surface area contributed by atoms with Crippen LogP contribution in [0.4, 0.5) is 23.7 Å². The molecule has 1 aromatic heterocycles. The van der Waals surface area contributed by atoms with Crippen LogP contribution in [-0.4, -0.2) is 34.9 Å². The first-order valence-electron chi connectivity index (χ1n) is 10.2. The monoisotopic (exact) mass is 458 g/mol. The summed E-state index contributed by atoms with van der Waals surface area (Å²) in [5.74, 6) is -0.555. The summed E-state index contributed by atoms with van der Waals surface area (Å²) in [6.07, 6.45) is -5.12. The van der Waals surface area contributed by atoms with Crippen LogP contribution in [0.1, 0.15) is 32.9 Å². The van der Waals surface area contributed by atoms with Crippen molar-refractivity contribution in [1.82, 2.24) is 15.1 Å². The van der Waals surface area contributed by atoms with Crippen molar-refractivity contribution in [2.45, 2.75) is 26.6 Å². The van der Waals surface area contributed by atoms with E-state index in [1.54, 1.807) is 32.0 Å². The van der Waals surface area contributed by atoms with Gasteiger partial charge in [0.15, 0.2) is 0 Å². The number of benzene rings is 2. The van der Waals surface area contributed by atoms with Gasteiger partial charge in [-0.2, -0.15) is 18.3 Å². The van der Waals surface area contributed by atoms with E-state index < -0.39 is 23.7 Å². The Morgan fingerprint density at radius 2 is 1.91 bits per heavy atom. The molecule has 2 amide bonds. The molecular weight excluding hydrogens is 437 g/mol. The largest absolute Gasteiger partial charge is 0.447 e. The summed E-state index contributed by atoms with van der Waals surface area (Å²) >= 11 is 0. The Bertz CT molecular complexity index is 1220. The first-order chi connectivity index (χ1) is 15.6. The molecular formula is C23H21F3N4O3. The fraction of sp³-hybridized carbons (Fsp3) is 0.261. The number of ether oxygens (including phenoxy) is 1. The van der Waals surface area contributed by atoms with Gasteiger partial charge in [-0.3, -0.25) is 9.69 Å². The molecule has 1 aliphatic heterocycles. The molecule has 172 valence electrons. The van der Waals surface area contributed by atoms with Crippen LogP contribution in [-0.2, 0) is 17.5 Å². The van der Waals surface area contributed by atoms with Crippen molar-refractivity contribution >= 4 is 17.7 Å². The van der Waals surface area contributed by atoms with Gasteiger partial charge < -0.3 is 10.1 Å². The fourth-order valence-corrected chi connectivity index (χ4v) is 3.73. The highest BCUT2D eigenvalue weighted by Gasteiger charge is 2.34. The number of aryl methyl sites for hydroxylation is 2. The summed E-state index contributed by atoms with van der Waals surface area (Å²) in [4.78, 5) is 25.7. The zero-order chi connectivity index (χ0) is 23.8. The van der Waals surface area contributed by atoms with Crippen LogP contribution in [0.3, 0.4) is 0 Å². The maximum Gasteiger partial charge on any atom is 0.416 e. The lowest BCUT2D eigenvalue weighted by molar-refractivity contribution is -0.138. The summed E-state index contributed by atoms with van der Waals surface area (Å²) in [6, 6.07) is 12.0. The van der Waals surface area contributed by atoms with Gasteiger partial charge in [0.05, 0.1) is 23.5 Å². The Hall–Kier alpha value is -3.82. The lowest BCUT2D eigenvalue weighted by Crippen LogP contribution is -2.26. The van der Waals surface area contributed by atoms with E-state index in [2.05, 4.69) is 10.4 Å². The van der Waals surface area contributed by atoms with E-state index in [4.69, 9.17) is 4.74 Å². The predicted molar refractivity (Wildman–Crippen MR) is 114 cm³/mol. The summed E-state index contributed by atoms with van der Waals surface area (Å²) in [6.45, 7) is 3.82. The SMILES string of the molecule is Cc1cc(C)n(-c2ccc(CNC(=O)c3cccc(N4CCOC4=O)c3)c(C(F)(F)F)c2)n1. The third-order valence-corrected chi connectivity index (χ3v) is 5.27. The number of halogens is 3. The first kappa shape index (κ1) is 22.4.